The Kier molecular flexibility index (Phi) is 3.57. The Bertz CT molecular complexity index is 721. The Morgan fingerprint density at radius 2 is 2.00 bits per heavy atom. The Labute approximate surface area is 122 Å². The number of H-pyrrole nitrogens is 1. The number of carbonyl (C=O) groups excluding carboxylic acids is 1. The first kappa shape index (κ1) is 13.9. The Morgan fingerprint density at radius 3 is 2.67 bits per heavy atom. The summed E-state index contributed by atoms with van der Waals surface area (Å²) < 4.78 is 7.12. The molecule has 1 heterocycles. The third kappa shape index (κ3) is 2.73. The average molecular weight is 288 g/mol. The van der Waals surface area contributed by atoms with E-state index in [0.717, 1.165) is 42.3 Å². The summed E-state index contributed by atoms with van der Waals surface area (Å²) >= 11 is 0. The van der Waals surface area contributed by atoms with Crippen LogP contribution >= 0.6 is 0 Å². The first-order valence-corrected chi connectivity index (χ1v) is 7.42. The zero-order chi connectivity index (χ0) is 15.0. The van der Waals surface area contributed by atoms with E-state index < -0.39 is 0 Å². The van der Waals surface area contributed by atoms with E-state index in [2.05, 4.69) is 4.98 Å². The summed E-state index contributed by atoms with van der Waals surface area (Å²) in [5, 5.41) is 0. The van der Waals surface area contributed by atoms with Gasteiger partial charge in [0.05, 0.1) is 11.0 Å². The number of aromatic amines is 1. The van der Waals surface area contributed by atoms with E-state index in [4.69, 9.17) is 4.74 Å². The van der Waals surface area contributed by atoms with Gasteiger partial charge in [-0.25, -0.2) is 4.79 Å². The van der Waals surface area contributed by atoms with Crippen molar-refractivity contribution in [3.05, 3.63) is 34.2 Å². The zero-order valence-corrected chi connectivity index (χ0v) is 12.4. The molecular formula is C16H20N2O3. The number of aryl methyl sites for hydroxylation is 1. The van der Waals surface area contributed by atoms with Crippen LogP contribution in [0.5, 0.6) is 0 Å². The Hall–Kier alpha value is -2.04. The van der Waals surface area contributed by atoms with E-state index >= 15 is 0 Å². The van der Waals surface area contributed by atoms with Gasteiger partial charge in [0.1, 0.15) is 6.10 Å². The zero-order valence-electron chi connectivity index (χ0n) is 12.4. The molecule has 1 fully saturated rings. The molecular weight excluding hydrogens is 268 g/mol. The first-order chi connectivity index (χ1) is 10.0. The molecule has 0 saturated heterocycles. The number of imidazole rings is 1. The van der Waals surface area contributed by atoms with Gasteiger partial charge in [-0.15, -0.1) is 0 Å². The van der Waals surface area contributed by atoms with Crippen LogP contribution in [-0.4, -0.2) is 21.6 Å². The van der Waals surface area contributed by atoms with Gasteiger partial charge in [0, 0.05) is 13.0 Å². The SMILES string of the molecule is CC(=O)OC1CCC(n2c(=O)[nH]c3cc(C)ccc32)CC1. The number of benzene rings is 1. The van der Waals surface area contributed by atoms with Crippen molar-refractivity contribution in [2.24, 2.45) is 0 Å². The van der Waals surface area contributed by atoms with Gasteiger partial charge in [0.2, 0.25) is 0 Å². The lowest BCUT2D eigenvalue weighted by atomic mass is 9.92. The van der Waals surface area contributed by atoms with Crippen LogP contribution in [0.2, 0.25) is 0 Å². The van der Waals surface area contributed by atoms with E-state index in [1.165, 1.54) is 6.92 Å². The van der Waals surface area contributed by atoms with Crippen molar-refractivity contribution in [1.29, 1.82) is 0 Å². The smallest absolute Gasteiger partial charge is 0.326 e. The van der Waals surface area contributed by atoms with Crippen molar-refractivity contribution < 1.29 is 9.53 Å². The molecule has 1 N–H and O–H groups in total. The number of rotatable bonds is 2. The lowest BCUT2D eigenvalue weighted by Crippen LogP contribution is -2.29. The molecule has 1 saturated carbocycles. The summed E-state index contributed by atoms with van der Waals surface area (Å²) in [6.45, 7) is 3.46. The molecule has 21 heavy (non-hydrogen) atoms. The molecule has 3 rings (SSSR count). The van der Waals surface area contributed by atoms with Crippen molar-refractivity contribution in [3.63, 3.8) is 0 Å². The maximum atomic E-state index is 12.2. The number of fused-ring (bicyclic) bond motifs is 1. The molecule has 5 nitrogen and oxygen atoms in total. The summed E-state index contributed by atoms with van der Waals surface area (Å²) in [7, 11) is 0. The number of ether oxygens (including phenoxy) is 1. The third-order valence-electron chi connectivity index (χ3n) is 4.21. The normalized spacial score (nSPS) is 22.4. The number of aromatic nitrogens is 2. The number of esters is 1. The number of carbonyl (C=O) groups is 1. The molecule has 0 unspecified atom stereocenters. The largest absolute Gasteiger partial charge is 0.463 e. The standard InChI is InChI=1S/C16H20N2O3/c1-10-3-8-15-14(9-10)17-16(20)18(15)12-4-6-13(7-5-12)21-11(2)19/h3,8-9,12-13H,4-7H2,1-2H3,(H,17,20). The summed E-state index contributed by atoms with van der Waals surface area (Å²) in [5.74, 6) is -0.224. The molecule has 1 aromatic heterocycles. The quantitative estimate of drug-likeness (QED) is 0.864. The minimum absolute atomic E-state index is 0.00176. The summed E-state index contributed by atoms with van der Waals surface area (Å²) in [6.07, 6.45) is 3.35. The van der Waals surface area contributed by atoms with Crippen LogP contribution < -0.4 is 5.69 Å². The molecule has 0 atom stereocenters. The topological polar surface area (TPSA) is 64.1 Å². The molecule has 0 aliphatic heterocycles. The lowest BCUT2D eigenvalue weighted by molar-refractivity contribution is -0.148. The van der Waals surface area contributed by atoms with Crippen molar-refractivity contribution in [2.45, 2.75) is 51.7 Å². The number of hydrogen-bond acceptors (Lipinski definition) is 3. The highest BCUT2D eigenvalue weighted by Crippen LogP contribution is 2.31. The molecule has 2 aromatic rings. The van der Waals surface area contributed by atoms with Crippen molar-refractivity contribution in [3.8, 4) is 0 Å². The Balaban J connectivity index is 1.84. The highest BCUT2D eigenvalue weighted by Gasteiger charge is 2.26. The molecule has 0 radical (unpaired) electrons. The summed E-state index contributed by atoms with van der Waals surface area (Å²) in [5.41, 5.74) is 2.93. The second-order valence-electron chi connectivity index (χ2n) is 5.86. The molecule has 1 aliphatic carbocycles. The Morgan fingerprint density at radius 1 is 1.29 bits per heavy atom. The van der Waals surface area contributed by atoms with Crippen molar-refractivity contribution in [2.75, 3.05) is 0 Å². The van der Waals surface area contributed by atoms with Gasteiger partial charge in [-0.3, -0.25) is 9.36 Å². The van der Waals surface area contributed by atoms with Gasteiger partial charge in [0.25, 0.3) is 0 Å². The van der Waals surface area contributed by atoms with Gasteiger partial charge >= 0.3 is 11.7 Å². The molecule has 0 bridgehead atoms. The third-order valence-corrected chi connectivity index (χ3v) is 4.21. The predicted octanol–water partition coefficient (Wildman–Crippen LogP) is 2.68. The molecule has 1 aliphatic rings. The van der Waals surface area contributed by atoms with Crippen LogP contribution in [-0.2, 0) is 9.53 Å². The first-order valence-electron chi connectivity index (χ1n) is 7.42. The number of hydrogen-bond donors (Lipinski definition) is 1. The molecule has 0 spiro atoms. The van der Waals surface area contributed by atoms with E-state index in [-0.39, 0.29) is 23.8 Å². The second-order valence-corrected chi connectivity index (χ2v) is 5.86. The van der Waals surface area contributed by atoms with Gasteiger partial charge in [-0.1, -0.05) is 6.07 Å². The molecule has 5 heteroatoms. The van der Waals surface area contributed by atoms with E-state index in [1.807, 2.05) is 29.7 Å². The van der Waals surface area contributed by atoms with Crippen LogP contribution in [0.1, 0.15) is 44.2 Å². The van der Waals surface area contributed by atoms with E-state index in [0.29, 0.717) is 0 Å². The summed E-state index contributed by atoms with van der Waals surface area (Å²) in [6, 6.07) is 6.20. The molecule has 112 valence electrons. The minimum atomic E-state index is -0.224. The predicted molar refractivity (Wildman–Crippen MR) is 80.4 cm³/mol. The van der Waals surface area contributed by atoms with E-state index in [9.17, 15) is 9.59 Å². The maximum Gasteiger partial charge on any atom is 0.326 e. The van der Waals surface area contributed by atoms with Crippen LogP contribution in [0.3, 0.4) is 0 Å². The van der Waals surface area contributed by atoms with Gasteiger partial charge in [0.15, 0.2) is 0 Å². The fraction of sp³-hybridized carbons (Fsp3) is 0.500. The van der Waals surface area contributed by atoms with Gasteiger partial charge in [-0.05, 0) is 50.3 Å². The highest BCUT2D eigenvalue weighted by atomic mass is 16.5. The number of nitrogens with one attached hydrogen (secondary N) is 1. The van der Waals surface area contributed by atoms with Crippen molar-refractivity contribution in [1.82, 2.24) is 9.55 Å². The fourth-order valence-electron chi connectivity index (χ4n) is 3.26. The van der Waals surface area contributed by atoms with Crippen LogP contribution in [0, 0.1) is 6.92 Å². The maximum absolute atomic E-state index is 12.2. The van der Waals surface area contributed by atoms with Crippen LogP contribution in [0.25, 0.3) is 11.0 Å². The number of nitrogens with zero attached hydrogens (tertiary/aromatic N) is 1. The van der Waals surface area contributed by atoms with Gasteiger partial charge in [-0.2, -0.15) is 0 Å². The van der Waals surface area contributed by atoms with Crippen LogP contribution in [0.15, 0.2) is 23.0 Å². The van der Waals surface area contributed by atoms with Gasteiger partial charge < -0.3 is 9.72 Å². The fourth-order valence-corrected chi connectivity index (χ4v) is 3.26. The van der Waals surface area contributed by atoms with E-state index in [1.54, 1.807) is 0 Å². The minimum Gasteiger partial charge on any atom is -0.463 e. The van der Waals surface area contributed by atoms with Crippen LogP contribution in [0.4, 0.5) is 0 Å². The van der Waals surface area contributed by atoms with Crippen molar-refractivity contribution >= 4 is 17.0 Å². The summed E-state index contributed by atoms with van der Waals surface area (Å²) in [4.78, 5) is 26.2. The average Bonchev–Trinajstić information content (AvgIpc) is 2.74. The second kappa shape index (κ2) is 5.39. The highest BCUT2D eigenvalue weighted by molar-refractivity contribution is 5.76. The molecule has 0 amide bonds. The lowest BCUT2D eigenvalue weighted by Gasteiger charge is -2.28. The molecule has 1 aromatic carbocycles. The monoisotopic (exact) mass is 288 g/mol.